The van der Waals surface area contributed by atoms with E-state index in [0.717, 1.165) is 12.0 Å². The second-order valence-electron chi connectivity index (χ2n) is 4.78. The predicted octanol–water partition coefficient (Wildman–Crippen LogP) is 5.35. The highest BCUT2D eigenvalue weighted by Gasteiger charge is 2.11. The van der Waals surface area contributed by atoms with Crippen molar-refractivity contribution in [3.8, 4) is 0 Å². The van der Waals surface area contributed by atoms with Gasteiger partial charge in [-0.15, -0.1) is 0 Å². The zero-order valence-corrected chi connectivity index (χ0v) is 10.8. The fourth-order valence-corrected chi connectivity index (χ4v) is 2.26. The average molecular weight is 216 g/mol. The van der Waals surface area contributed by atoms with Gasteiger partial charge < -0.3 is 0 Å². The summed E-state index contributed by atoms with van der Waals surface area (Å²) in [5.74, 6) is 0. The Kier molecular flexibility index (Phi) is 5.31. The van der Waals surface area contributed by atoms with Crippen molar-refractivity contribution in [3.05, 3.63) is 47.6 Å². The van der Waals surface area contributed by atoms with Crippen LogP contribution in [0.25, 0.3) is 0 Å². The molecule has 1 rings (SSSR count). The molecule has 88 valence electrons. The third-order valence-electron chi connectivity index (χ3n) is 3.18. The second kappa shape index (κ2) is 6.52. The first-order chi connectivity index (χ1) is 7.63. The summed E-state index contributed by atoms with van der Waals surface area (Å²) >= 11 is 0. The van der Waals surface area contributed by atoms with Gasteiger partial charge in [0.2, 0.25) is 0 Å². The van der Waals surface area contributed by atoms with E-state index in [4.69, 9.17) is 0 Å². The summed E-state index contributed by atoms with van der Waals surface area (Å²) in [7, 11) is 0. The number of allylic oxidation sites excluding steroid dienone is 6. The van der Waals surface area contributed by atoms with Crippen LogP contribution < -0.4 is 0 Å². The van der Waals surface area contributed by atoms with Gasteiger partial charge in [0.05, 0.1) is 0 Å². The summed E-state index contributed by atoms with van der Waals surface area (Å²) in [6, 6.07) is 0. The van der Waals surface area contributed by atoms with Crippen LogP contribution in [0.3, 0.4) is 0 Å². The first kappa shape index (κ1) is 13.0. The van der Waals surface area contributed by atoms with Crippen molar-refractivity contribution in [1.29, 1.82) is 0 Å². The van der Waals surface area contributed by atoms with Crippen LogP contribution in [0.15, 0.2) is 47.6 Å². The maximum atomic E-state index is 4.13. The van der Waals surface area contributed by atoms with Crippen molar-refractivity contribution in [2.75, 3.05) is 0 Å². The minimum Gasteiger partial charge on any atom is -0.0961 e. The van der Waals surface area contributed by atoms with E-state index in [0.29, 0.717) is 0 Å². The quantitative estimate of drug-likeness (QED) is 0.429. The fourth-order valence-electron chi connectivity index (χ4n) is 2.26. The summed E-state index contributed by atoms with van der Waals surface area (Å²) < 4.78 is 0. The molecule has 0 heterocycles. The van der Waals surface area contributed by atoms with Gasteiger partial charge in [0.25, 0.3) is 0 Å². The molecule has 1 aliphatic rings. The Morgan fingerprint density at radius 1 is 1.12 bits per heavy atom. The number of hydrogen-bond acceptors (Lipinski definition) is 0. The summed E-state index contributed by atoms with van der Waals surface area (Å²) in [6.45, 7) is 12.3. The minimum atomic E-state index is 1.06. The molecule has 0 fully saturated rings. The van der Waals surface area contributed by atoms with Gasteiger partial charge in [-0.3, -0.25) is 0 Å². The fraction of sp³-hybridized carbons (Fsp3) is 0.500. The van der Waals surface area contributed by atoms with Crippen LogP contribution in [0, 0.1) is 0 Å². The highest BCUT2D eigenvalue weighted by molar-refractivity contribution is 5.30. The van der Waals surface area contributed by atoms with Gasteiger partial charge in [-0.05, 0) is 45.4 Å². The molecule has 0 aliphatic heterocycles. The molecular weight excluding hydrogens is 192 g/mol. The highest BCUT2D eigenvalue weighted by Crippen LogP contribution is 2.30. The van der Waals surface area contributed by atoms with E-state index in [1.807, 2.05) is 6.92 Å². The summed E-state index contributed by atoms with van der Waals surface area (Å²) in [6.07, 6.45) is 11.8. The van der Waals surface area contributed by atoms with E-state index in [9.17, 15) is 0 Å². The SMILES string of the molecule is C=C(C)/C=C\C(=C)CC1=C(CC)CCCC1. The predicted molar refractivity (Wildman–Crippen MR) is 73.5 cm³/mol. The van der Waals surface area contributed by atoms with E-state index >= 15 is 0 Å². The van der Waals surface area contributed by atoms with Crippen LogP contribution >= 0.6 is 0 Å². The average Bonchev–Trinajstić information content (AvgIpc) is 2.27. The van der Waals surface area contributed by atoms with Crippen molar-refractivity contribution in [1.82, 2.24) is 0 Å². The van der Waals surface area contributed by atoms with Gasteiger partial charge in [-0.1, -0.05) is 54.5 Å². The van der Waals surface area contributed by atoms with E-state index < -0.39 is 0 Å². The van der Waals surface area contributed by atoms with Crippen molar-refractivity contribution in [2.24, 2.45) is 0 Å². The molecule has 0 saturated heterocycles. The molecule has 0 aromatic heterocycles. The lowest BCUT2D eigenvalue weighted by molar-refractivity contribution is 0.644. The molecule has 16 heavy (non-hydrogen) atoms. The van der Waals surface area contributed by atoms with Crippen molar-refractivity contribution >= 4 is 0 Å². The first-order valence-electron chi connectivity index (χ1n) is 6.34. The smallest absolute Gasteiger partial charge is 0.00703 e. The van der Waals surface area contributed by atoms with Crippen molar-refractivity contribution in [3.63, 3.8) is 0 Å². The Balaban J connectivity index is 2.61. The monoisotopic (exact) mass is 216 g/mol. The molecule has 0 saturated carbocycles. The molecule has 1 aliphatic carbocycles. The summed E-state index contributed by atoms with van der Waals surface area (Å²) in [4.78, 5) is 0. The van der Waals surface area contributed by atoms with Gasteiger partial charge in [-0.2, -0.15) is 0 Å². The van der Waals surface area contributed by atoms with Gasteiger partial charge in [0, 0.05) is 0 Å². The Bertz CT molecular complexity index is 326. The lowest BCUT2D eigenvalue weighted by Gasteiger charge is -2.19. The molecule has 0 spiro atoms. The molecule has 0 N–H and O–H groups in total. The first-order valence-corrected chi connectivity index (χ1v) is 6.34. The molecule has 0 amide bonds. The molecule has 0 bridgehead atoms. The van der Waals surface area contributed by atoms with E-state index in [2.05, 4.69) is 32.2 Å². The lowest BCUT2D eigenvalue weighted by atomic mass is 9.87. The molecular formula is C16H24. The van der Waals surface area contributed by atoms with Crippen LogP contribution in [0.2, 0.25) is 0 Å². The number of rotatable bonds is 5. The zero-order chi connectivity index (χ0) is 12.0. The minimum absolute atomic E-state index is 1.06. The standard InChI is InChI=1S/C16H24/c1-5-15-8-6-7-9-16(15)12-14(4)11-10-13(2)3/h10-11H,2,4-9,12H2,1,3H3/b11-10-. The van der Waals surface area contributed by atoms with Crippen LogP contribution in [0.1, 0.15) is 52.4 Å². The van der Waals surface area contributed by atoms with E-state index in [1.165, 1.54) is 37.7 Å². The molecule has 0 unspecified atom stereocenters. The van der Waals surface area contributed by atoms with Crippen molar-refractivity contribution < 1.29 is 0 Å². The molecule has 0 heteroatoms. The van der Waals surface area contributed by atoms with Crippen LogP contribution in [-0.2, 0) is 0 Å². The van der Waals surface area contributed by atoms with Gasteiger partial charge in [0.15, 0.2) is 0 Å². The zero-order valence-electron chi connectivity index (χ0n) is 10.8. The highest BCUT2D eigenvalue weighted by atomic mass is 14.2. The normalized spacial score (nSPS) is 16.9. The van der Waals surface area contributed by atoms with Crippen LogP contribution in [-0.4, -0.2) is 0 Å². The summed E-state index contributed by atoms with van der Waals surface area (Å²) in [5.41, 5.74) is 5.63. The molecule has 0 atom stereocenters. The Hall–Kier alpha value is -1.04. The largest absolute Gasteiger partial charge is 0.0961 e. The third kappa shape index (κ3) is 4.22. The van der Waals surface area contributed by atoms with Gasteiger partial charge >= 0.3 is 0 Å². The van der Waals surface area contributed by atoms with E-state index in [-0.39, 0.29) is 0 Å². The topological polar surface area (TPSA) is 0 Å². The molecule has 0 aromatic carbocycles. The Morgan fingerprint density at radius 2 is 1.75 bits per heavy atom. The molecule has 0 nitrogen and oxygen atoms in total. The Labute approximate surface area is 100 Å². The maximum Gasteiger partial charge on any atom is -0.00703 e. The van der Waals surface area contributed by atoms with Gasteiger partial charge in [0.1, 0.15) is 0 Å². The van der Waals surface area contributed by atoms with Gasteiger partial charge in [-0.25, -0.2) is 0 Å². The lowest BCUT2D eigenvalue weighted by Crippen LogP contribution is -2.00. The summed E-state index contributed by atoms with van der Waals surface area (Å²) in [5, 5.41) is 0. The Morgan fingerprint density at radius 3 is 2.31 bits per heavy atom. The number of hydrogen-bond donors (Lipinski definition) is 0. The van der Waals surface area contributed by atoms with Crippen LogP contribution in [0.5, 0.6) is 0 Å². The van der Waals surface area contributed by atoms with Crippen LogP contribution in [0.4, 0.5) is 0 Å². The third-order valence-corrected chi connectivity index (χ3v) is 3.18. The van der Waals surface area contributed by atoms with E-state index in [1.54, 1.807) is 11.1 Å². The molecule has 0 aromatic rings. The molecule has 0 radical (unpaired) electrons. The maximum absolute atomic E-state index is 4.13. The second-order valence-corrected chi connectivity index (χ2v) is 4.78. The van der Waals surface area contributed by atoms with Crippen molar-refractivity contribution in [2.45, 2.75) is 52.4 Å².